The molecule has 1 aromatic carbocycles. The number of anilines is 1. The van der Waals surface area contributed by atoms with Crippen LogP contribution in [0.3, 0.4) is 0 Å². The molecule has 1 aliphatic heterocycles. The van der Waals surface area contributed by atoms with Crippen LogP contribution >= 0.6 is 0 Å². The summed E-state index contributed by atoms with van der Waals surface area (Å²) in [5.74, 6) is 0. The summed E-state index contributed by atoms with van der Waals surface area (Å²) < 4.78 is 27.0. The van der Waals surface area contributed by atoms with Gasteiger partial charge in [0.05, 0.1) is 5.69 Å². The molecule has 92 valence electrons. The summed E-state index contributed by atoms with van der Waals surface area (Å²) >= 11 is 0. The monoisotopic (exact) mass is 253 g/mol. The van der Waals surface area contributed by atoms with Gasteiger partial charge < -0.3 is 10.6 Å². The molecule has 0 fully saturated rings. The van der Waals surface area contributed by atoms with Crippen molar-refractivity contribution in [2.75, 3.05) is 18.0 Å². The predicted octanol–water partition coefficient (Wildman–Crippen LogP) is 0.962. The topological polar surface area (TPSA) is 75.8 Å². The molecule has 0 radical (unpaired) electrons. The van der Waals surface area contributed by atoms with Crippen molar-refractivity contribution >= 4 is 22.0 Å². The lowest BCUT2D eigenvalue weighted by Gasteiger charge is -2.24. The summed E-state index contributed by atoms with van der Waals surface area (Å²) in [6, 6.07) is 6.90. The van der Waals surface area contributed by atoms with Crippen molar-refractivity contribution in [1.29, 1.82) is 0 Å². The van der Waals surface area contributed by atoms with Crippen LogP contribution in [0.4, 0.5) is 5.69 Å². The Labute approximate surface area is 101 Å². The van der Waals surface area contributed by atoms with E-state index >= 15 is 0 Å². The van der Waals surface area contributed by atoms with E-state index in [-0.39, 0.29) is 4.90 Å². The molecule has 0 aliphatic carbocycles. The standard InChI is InChI=1S/C11H15N3O2S/c12-7-3-4-8-14-9-13-17(15,16)11-6-2-1-5-10(11)14/h1-2,5-6,9H,3-4,7-8,12H2. The summed E-state index contributed by atoms with van der Waals surface area (Å²) in [6.45, 7) is 1.37. The van der Waals surface area contributed by atoms with Crippen molar-refractivity contribution in [1.82, 2.24) is 0 Å². The zero-order valence-electron chi connectivity index (χ0n) is 9.41. The predicted molar refractivity (Wildman–Crippen MR) is 67.8 cm³/mol. The molecule has 0 amide bonds. The minimum atomic E-state index is -3.50. The lowest BCUT2D eigenvalue weighted by molar-refractivity contribution is 0.597. The molecule has 5 nitrogen and oxygen atoms in total. The van der Waals surface area contributed by atoms with Crippen molar-refractivity contribution in [2.24, 2.45) is 10.1 Å². The van der Waals surface area contributed by atoms with E-state index < -0.39 is 10.0 Å². The van der Waals surface area contributed by atoms with Crippen LogP contribution in [0.15, 0.2) is 33.6 Å². The highest BCUT2D eigenvalue weighted by atomic mass is 32.2. The number of para-hydroxylation sites is 1. The van der Waals surface area contributed by atoms with E-state index in [0.717, 1.165) is 19.4 Å². The van der Waals surface area contributed by atoms with Gasteiger partial charge in [-0.25, -0.2) is 0 Å². The van der Waals surface area contributed by atoms with Crippen molar-refractivity contribution < 1.29 is 8.42 Å². The third-order valence-corrected chi connectivity index (χ3v) is 3.90. The molecular formula is C11H15N3O2S. The van der Waals surface area contributed by atoms with Gasteiger partial charge in [-0.1, -0.05) is 12.1 Å². The molecular weight excluding hydrogens is 238 g/mol. The smallest absolute Gasteiger partial charge is 0.285 e. The highest BCUT2D eigenvalue weighted by molar-refractivity contribution is 7.90. The molecule has 1 aromatic rings. The van der Waals surface area contributed by atoms with Crippen molar-refractivity contribution in [3.05, 3.63) is 24.3 Å². The highest BCUT2D eigenvalue weighted by Crippen LogP contribution is 2.29. The maximum absolute atomic E-state index is 11.7. The first-order valence-corrected chi connectivity index (χ1v) is 6.95. The first kappa shape index (κ1) is 12.1. The SMILES string of the molecule is NCCCCN1C=NS(=O)(=O)c2ccccc21. The van der Waals surface area contributed by atoms with Crippen LogP contribution in [0.25, 0.3) is 0 Å². The second-order valence-electron chi connectivity index (χ2n) is 3.85. The Bertz CT molecular complexity index is 525. The summed E-state index contributed by atoms with van der Waals surface area (Å²) in [4.78, 5) is 2.13. The molecule has 17 heavy (non-hydrogen) atoms. The lowest BCUT2D eigenvalue weighted by atomic mass is 10.2. The van der Waals surface area contributed by atoms with E-state index in [1.807, 2.05) is 11.0 Å². The van der Waals surface area contributed by atoms with Gasteiger partial charge in [-0.2, -0.15) is 8.42 Å². The van der Waals surface area contributed by atoms with Gasteiger partial charge in [0, 0.05) is 6.54 Å². The molecule has 0 aromatic heterocycles. The van der Waals surface area contributed by atoms with Gasteiger partial charge in [-0.3, -0.25) is 0 Å². The fourth-order valence-electron chi connectivity index (χ4n) is 1.76. The zero-order valence-corrected chi connectivity index (χ0v) is 10.2. The van der Waals surface area contributed by atoms with Gasteiger partial charge in [0.1, 0.15) is 11.2 Å². The summed E-state index contributed by atoms with van der Waals surface area (Å²) in [7, 11) is -3.50. The average molecular weight is 253 g/mol. The molecule has 0 saturated carbocycles. The van der Waals surface area contributed by atoms with Crippen molar-refractivity contribution in [3.63, 3.8) is 0 Å². The van der Waals surface area contributed by atoms with Crippen LogP contribution in [0.2, 0.25) is 0 Å². The molecule has 0 bridgehead atoms. The second kappa shape index (κ2) is 4.85. The van der Waals surface area contributed by atoms with Gasteiger partial charge >= 0.3 is 0 Å². The second-order valence-corrected chi connectivity index (χ2v) is 5.45. The quantitative estimate of drug-likeness (QED) is 0.811. The number of fused-ring (bicyclic) bond motifs is 1. The fourth-order valence-corrected chi connectivity index (χ4v) is 2.81. The first-order valence-electron chi connectivity index (χ1n) is 5.51. The summed E-state index contributed by atoms with van der Waals surface area (Å²) in [5, 5.41) is 0. The Morgan fingerprint density at radius 3 is 2.76 bits per heavy atom. The van der Waals surface area contributed by atoms with Crippen LogP contribution in [-0.4, -0.2) is 27.8 Å². The molecule has 0 unspecified atom stereocenters. The number of nitrogens with zero attached hydrogens (tertiary/aromatic N) is 2. The van der Waals surface area contributed by atoms with Gasteiger partial charge in [0.25, 0.3) is 10.0 Å². The van der Waals surface area contributed by atoms with E-state index in [2.05, 4.69) is 4.40 Å². The number of sulfonamides is 1. The van der Waals surface area contributed by atoms with E-state index in [1.54, 1.807) is 18.2 Å². The van der Waals surface area contributed by atoms with Gasteiger partial charge in [-0.05, 0) is 31.5 Å². The number of rotatable bonds is 4. The van der Waals surface area contributed by atoms with Crippen molar-refractivity contribution in [2.45, 2.75) is 17.7 Å². The normalized spacial score (nSPS) is 16.9. The van der Waals surface area contributed by atoms with Crippen LogP contribution < -0.4 is 10.6 Å². The molecule has 0 atom stereocenters. The summed E-state index contributed by atoms with van der Waals surface area (Å²) in [5.41, 5.74) is 6.13. The summed E-state index contributed by atoms with van der Waals surface area (Å²) in [6.07, 6.45) is 3.21. The van der Waals surface area contributed by atoms with E-state index in [4.69, 9.17) is 5.73 Å². The molecule has 6 heteroatoms. The minimum Gasteiger partial charge on any atom is -0.331 e. The zero-order chi connectivity index (χ0) is 12.3. The molecule has 2 rings (SSSR count). The Hall–Kier alpha value is -1.40. The van der Waals surface area contributed by atoms with Crippen LogP contribution in [-0.2, 0) is 10.0 Å². The molecule has 2 N–H and O–H groups in total. The first-order chi connectivity index (χ1) is 8.15. The van der Waals surface area contributed by atoms with Crippen LogP contribution in [0.1, 0.15) is 12.8 Å². The Morgan fingerprint density at radius 2 is 2.00 bits per heavy atom. The van der Waals surface area contributed by atoms with Crippen LogP contribution in [0.5, 0.6) is 0 Å². The number of nitrogens with two attached hydrogens (primary N) is 1. The van der Waals surface area contributed by atoms with E-state index in [0.29, 0.717) is 12.2 Å². The number of hydrogen-bond acceptors (Lipinski definition) is 4. The van der Waals surface area contributed by atoms with Gasteiger partial charge in [0.15, 0.2) is 0 Å². The maximum atomic E-state index is 11.7. The average Bonchev–Trinajstić information content (AvgIpc) is 2.33. The Morgan fingerprint density at radius 1 is 1.24 bits per heavy atom. The minimum absolute atomic E-state index is 0.273. The fraction of sp³-hybridized carbons (Fsp3) is 0.364. The molecule has 1 aliphatic rings. The van der Waals surface area contributed by atoms with Gasteiger partial charge in [-0.15, -0.1) is 4.40 Å². The highest BCUT2D eigenvalue weighted by Gasteiger charge is 2.24. The Balaban J connectivity index is 2.28. The van der Waals surface area contributed by atoms with Crippen molar-refractivity contribution in [3.8, 4) is 0 Å². The Kier molecular flexibility index (Phi) is 3.44. The van der Waals surface area contributed by atoms with E-state index in [1.165, 1.54) is 6.34 Å². The number of benzene rings is 1. The molecule has 0 spiro atoms. The van der Waals surface area contributed by atoms with E-state index in [9.17, 15) is 8.42 Å². The maximum Gasteiger partial charge on any atom is 0.285 e. The molecule has 1 heterocycles. The lowest BCUT2D eigenvalue weighted by Crippen LogP contribution is -2.28. The largest absolute Gasteiger partial charge is 0.331 e. The van der Waals surface area contributed by atoms with Crippen LogP contribution in [0, 0.1) is 0 Å². The van der Waals surface area contributed by atoms with Gasteiger partial charge in [0.2, 0.25) is 0 Å². The number of unbranched alkanes of at least 4 members (excludes halogenated alkanes) is 1. The third-order valence-electron chi connectivity index (χ3n) is 2.63. The third kappa shape index (κ3) is 2.48. The molecule has 0 saturated heterocycles. The number of hydrogen-bond donors (Lipinski definition) is 1.